The lowest BCUT2D eigenvalue weighted by atomic mass is 9.84. The van der Waals surface area contributed by atoms with Gasteiger partial charge in [0.15, 0.2) is 0 Å². The van der Waals surface area contributed by atoms with Crippen LogP contribution in [0.2, 0.25) is 0 Å². The largest absolute Gasteiger partial charge is 0.456 e. The summed E-state index contributed by atoms with van der Waals surface area (Å²) in [6.45, 7) is 0. The van der Waals surface area contributed by atoms with Crippen LogP contribution in [0.15, 0.2) is 146 Å². The molecule has 0 saturated heterocycles. The minimum atomic E-state index is 0.530. The highest BCUT2D eigenvalue weighted by molar-refractivity contribution is 6.22. The molecule has 0 spiro atoms. The van der Waals surface area contributed by atoms with E-state index in [9.17, 15) is 0 Å². The summed E-state index contributed by atoms with van der Waals surface area (Å²) < 4.78 is 15.6. The summed E-state index contributed by atoms with van der Waals surface area (Å²) in [4.78, 5) is 0. The van der Waals surface area contributed by atoms with Gasteiger partial charge in [-0.25, -0.2) is 0 Å². The van der Waals surface area contributed by atoms with Crippen molar-refractivity contribution in [2.75, 3.05) is 0 Å². The number of fused-ring (bicyclic) bond motifs is 5. The second-order valence-electron chi connectivity index (χ2n) is 10.8. The van der Waals surface area contributed by atoms with Crippen LogP contribution in [0.1, 0.15) is 1.37 Å². The topological polar surface area (TPSA) is 9.23 Å². The van der Waals surface area contributed by atoms with E-state index in [2.05, 4.69) is 121 Å². The zero-order valence-electron chi connectivity index (χ0n) is 23.2. The van der Waals surface area contributed by atoms with E-state index in [4.69, 9.17) is 6.11 Å². The molecule has 1 heterocycles. The number of hydrogen-bond donors (Lipinski definition) is 0. The molecule has 1 aliphatic rings. The minimum Gasteiger partial charge on any atom is -0.456 e. The first-order chi connectivity index (χ1) is 20.7. The third kappa shape index (κ3) is 3.30. The normalized spacial score (nSPS) is 12.4. The monoisotopic (exact) mass is 521 g/mol. The summed E-state index contributed by atoms with van der Waals surface area (Å²) >= 11 is 0. The van der Waals surface area contributed by atoms with E-state index < -0.39 is 0 Å². The van der Waals surface area contributed by atoms with E-state index in [-0.39, 0.29) is 0 Å². The van der Waals surface area contributed by atoms with Crippen LogP contribution in [-0.2, 0) is 0 Å². The lowest BCUT2D eigenvalue weighted by Gasteiger charge is -2.23. The van der Waals surface area contributed by atoms with Crippen LogP contribution in [-0.4, -0.2) is 0 Å². The Labute approximate surface area is 239 Å². The fraction of sp³-hybridized carbons (Fsp3) is 0. The molecule has 1 heteroatoms. The fourth-order valence-electron chi connectivity index (χ4n) is 6.73. The first-order valence-corrected chi connectivity index (χ1v) is 14.0. The van der Waals surface area contributed by atoms with Crippen molar-refractivity contribution >= 4 is 43.1 Å². The van der Waals surface area contributed by atoms with Gasteiger partial charge < -0.3 is 4.74 Å². The first kappa shape index (κ1) is 21.4. The quantitative estimate of drug-likeness (QED) is 0.206. The molecule has 0 fully saturated rings. The van der Waals surface area contributed by atoms with Crippen molar-refractivity contribution in [2.24, 2.45) is 0 Å². The second-order valence-corrected chi connectivity index (χ2v) is 10.8. The molecule has 0 bridgehead atoms. The van der Waals surface area contributed by atoms with Crippen molar-refractivity contribution in [1.29, 1.82) is 0 Å². The van der Waals surface area contributed by atoms with Gasteiger partial charge in [-0.15, -0.1) is 0 Å². The molecule has 1 aliphatic heterocycles. The van der Waals surface area contributed by atoms with Gasteiger partial charge in [0.1, 0.15) is 11.5 Å². The molecule has 0 aliphatic carbocycles. The van der Waals surface area contributed by atoms with Gasteiger partial charge in [0, 0.05) is 10.9 Å². The summed E-state index contributed by atoms with van der Waals surface area (Å²) in [7, 11) is 0. The van der Waals surface area contributed by atoms with Gasteiger partial charge in [-0.1, -0.05) is 121 Å². The predicted molar refractivity (Wildman–Crippen MR) is 173 cm³/mol. The highest BCUT2D eigenvalue weighted by Crippen LogP contribution is 2.49. The zero-order valence-corrected chi connectivity index (χ0v) is 22.2. The summed E-state index contributed by atoms with van der Waals surface area (Å²) in [5.74, 6) is 1.77. The number of benzene rings is 8. The average molecular weight is 522 g/mol. The molecule has 8 aromatic carbocycles. The molecule has 0 unspecified atom stereocenters. The van der Waals surface area contributed by atoms with E-state index in [0.717, 1.165) is 60.9 Å². The Bertz CT molecular complexity index is 2400. The van der Waals surface area contributed by atoms with Crippen molar-refractivity contribution < 1.29 is 6.11 Å². The molecule has 8 aromatic rings. The smallest absolute Gasteiger partial charge is 0.135 e. The van der Waals surface area contributed by atoms with Gasteiger partial charge in [0.05, 0.1) is 1.37 Å². The minimum absolute atomic E-state index is 0.530. The molecule has 0 amide bonds. The Morgan fingerprint density at radius 1 is 0.415 bits per heavy atom. The van der Waals surface area contributed by atoms with Gasteiger partial charge in [0.2, 0.25) is 0 Å². The van der Waals surface area contributed by atoms with E-state index in [1.54, 1.807) is 0 Å². The van der Waals surface area contributed by atoms with Crippen LogP contribution < -0.4 is 4.74 Å². The third-order valence-electron chi connectivity index (χ3n) is 8.52. The van der Waals surface area contributed by atoms with E-state index in [1.807, 2.05) is 18.2 Å². The first-order valence-electron chi connectivity index (χ1n) is 14.5. The van der Waals surface area contributed by atoms with Crippen molar-refractivity contribution in [3.8, 4) is 44.9 Å². The van der Waals surface area contributed by atoms with E-state index in [1.165, 1.54) is 27.1 Å². The molecule has 9 rings (SSSR count). The molecule has 0 N–H and O–H groups in total. The Morgan fingerprint density at radius 2 is 1.05 bits per heavy atom. The van der Waals surface area contributed by atoms with Gasteiger partial charge >= 0.3 is 0 Å². The summed E-state index contributed by atoms with van der Waals surface area (Å²) in [5.41, 5.74) is 6.78. The summed E-state index contributed by atoms with van der Waals surface area (Å²) in [6, 6.07) is 49.6. The SMILES string of the molecule is [2H]c1cccc2c(-c3ccc4c(c3)-c3cccc5cccc(c35)O4)c3ccccc3c(-c3ccc4ccccc4c3)c12. The Kier molecular flexibility index (Phi) is 4.47. The molecule has 190 valence electrons. The van der Waals surface area contributed by atoms with E-state index in [0.29, 0.717) is 6.04 Å². The van der Waals surface area contributed by atoms with Gasteiger partial charge in [-0.2, -0.15) is 0 Å². The summed E-state index contributed by atoms with van der Waals surface area (Å²) in [6.07, 6.45) is 0. The predicted octanol–water partition coefficient (Wildman–Crippen LogP) is 11.4. The maximum atomic E-state index is 9.14. The fourth-order valence-corrected chi connectivity index (χ4v) is 6.73. The van der Waals surface area contributed by atoms with Crippen molar-refractivity contribution in [1.82, 2.24) is 0 Å². The van der Waals surface area contributed by atoms with Crippen molar-refractivity contribution in [3.63, 3.8) is 0 Å². The molecule has 0 aromatic heterocycles. The van der Waals surface area contributed by atoms with Crippen LogP contribution in [0, 0.1) is 0 Å². The molecular weight excluding hydrogens is 496 g/mol. The standard InChI is InChI=1S/C40H24O/c1-2-10-27-23-28(20-19-25(27)9-1)38-30-13-3-5-15-32(30)39(33-16-6-4-14-31(33)38)29-21-22-36-35(24-29)34-17-7-11-26-12-8-18-37(41-36)40(26)34/h1-24H/i13D. The van der Waals surface area contributed by atoms with Crippen LogP contribution in [0.5, 0.6) is 11.5 Å². The highest BCUT2D eigenvalue weighted by atomic mass is 16.5. The number of hydrogen-bond acceptors (Lipinski definition) is 1. The lowest BCUT2D eigenvalue weighted by molar-refractivity contribution is 0.487. The molecule has 0 radical (unpaired) electrons. The molecule has 1 nitrogen and oxygen atoms in total. The Hall–Kier alpha value is -5.40. The average Bonchev–Trinajstić information content (AvgIpc) is 3.04. The second kappa shape index (κ2) is 8.55. The van der Waals surface area contributed by atoms with Crippen LogP contribution in [0.25, 0.3) is 76.5 Å². The van der Waals surface area contributed by atoms with Crippen molar-refractivity contribution in [3.05, 3.63) is 146 Å². The molecule has 41 heavy (non-hydrogen) atoms. The summed E-state index contributed by atoms with van der Waals surface area (Å²) in [5, 5.41) is 9.12. The Balaban J connectivity index is 1.37. The van der Waals surface area contributed by atoms with Gasteiger partial charge in [0.25, 0.3) is 0 Å². The van der Waals surface area contributed by atoms with Crippen molar-refractivity contribution in [2.45, 2.75) is 0 Å². The zero-order chi connectivity index (χ0) is 27.8. The molecular formula is C40H24O. The van der Waals surface area contributed by atoms with E-state index >= 15 is 0 Å². The van der Waals surface area contributed by atoms with Gasteiger partial charge in [-0.3, -0.25) is 0 Å². The highest BCUT2D eigenvalue weighted by Gasteiger charge is 2.22. The van der Waals surface area contributed by atoms with Crippen LogP contribution in [0.4, 0.5) is 0 Å². The van der Waals surface area contributed by atoms with Crippen LogP contribution >= 0.6 is 0 Å². The van der Waals surface area contributed by atoms with Crippen LogP contribution in [0.3, 0.4) is 0 Å². The number of ether oxygens (including phenoxy) is 1. The molecule has 0 saturated carbocycles. The maximum Gasteiger partial charge on any atom is 0.135 e. The number of rotatable bonds is 2. The Morgan fingerprint density at radius 3 is 1.90 bits per heavy atom. The maximum absolute atomic E-state index is 9.14. The van der Waals surface area contributed by atoms with Gasteiger partial charge in [-0.05, 0) is 89.8 Å². The third-order valence-corrected chi connectivity index (χ3v) is 8.52. The molecule has 0 atom stereocenters. The lowest BCUT2D eigenvalue weighted by Crippen LogP contribution is -1.97.